The Kier molecular flexibility index (Phi) is 2.34. The minimum absolute atomic E-state index is 1.07. The summed E-state index contributed by atoms with van der Waals surface area (Å²) in [7, 11) is 2.03. The number of hydrogen-bond donors (Lipinski definition) is 1. The monoisotopic (exact) mass is 113 g/mol. The van der Waals surface area contributed by atoms with Gasteiger partial charge in [-0.15, -0.1) is 0 Å². The molecule has 1 heteroatoms. The predicted octanol–water partition coefficient (Wildman–Crippen LogP) is 1.40. The minimum Gasteiger partial charge on any atom is -0.320 e. The first-order valence-electron chi connectivity index (χ1n) is 3.58. The summed E-state index contributed by atoms with van der Waals surface area (Å²) < 4.78 is 0. The van der Waals surface area contributed by atoms with Crippen LogP contribution in [0.3, 0.4) is 0 Å². The van der Waals surface area contributed by atoms with Gasteiger partial charge in [-0.1, -0.05) is 19.3 Å². The zero-order chi connectivity index (χ0) is 5.82. The van der Waals surface area contributed by atoms with Gasteiger partial charge in [-0.3, -0.25) is 0 Å². The van der Waals surface area contributed by atoms with Gasteiger partial charge in [0, 0.05) is 0 Å². The largest absolute Gasteiger partial charge is 0.320 e. The molecule has 0 aromatic heterocycles. The van der Waals surface area contributed by atoms with Crippen LogP contribution in [0, 0.1) is 5.92 Å². The quantitative estimate of drug-likeness (QED) is 0.583. The van der Waals surface area contributed by atoms with Gasteiger partial charge in [-0.2, -0.15) is 0 Å². The Morgan fingerprint density at radius 3 is 2.62 bits per heavy atom. The summed E-state index contributed by atoms with van der Waals surface area (Å²) in [6, 6.07) is 0. The standard InChI is InChI=1S/C7H15N/c1-8-6-5-7-3-2-4-7/h7-8H,2-6H2,1H3. The van der Waals surface area contributed by atoms with E-state index in [1.165, 1.54) is 32.2 Å². The van der Waals surface area contributed by atoms with Crippen molar-refractivity contribution in [1.29, 1.82) is 0 Å². The molecule has 1 aliphatic carbocycles. The average molecular weight is 113 g/mol. The zero-order valence-electron chi connectivity index (χ0n) is 5.61. The van der Waals surface area contributed by atoms with Crippen molar-refractivity contribution < 1.29 is 0 Å². The van der Waals surface area contributed by atoms with Crippen LogP contribution in [0.1, 0.15) is 25.7 Å². The molecule has 8 heavy (non-hydrogen) atoms. The van der Waals surface area contributed by atoms with E-state index in [0.29, 0.717) is 0 Å². The predicted molar refractivity (Wildman–Crippen MR) is 35.9 cm³/mol. The first kappa shape index (κ1) is 6.09. The van der Waals surface area contributed by atoms with Gasteiger partial charge in [0.05, 0.1) is 0 Å². The Morgan fingerprint density at radius 1 is 1.50 bits per heavy atom. The lowest BCUT2D eigenvalue weighted by Gasteiger charge is -2.24. The van der Waals surface area contributed by atoms with Gasteiger partial charge in [0.2, 0.25) is 0 Å². The Labute approximate surface area is 51.5 Å². The summed E-state index contributed by atoms with van der Waals surface area (Å²) in [4.78, 5) is 0. The summed E-state index contributed by atoms with van der Waals surface area (Å²) in [5, 5.41) is 3.17. The third-order valence-corrected chi connectivity index (χ3v) is 2.03. The van der Waals surface area contributed by atoms with E-state index in [9.17, 15) is 0 Å². The van der Waals surface area contributed by atoms with E-state index in [0.717, 1.165) is 5.92 Å². The maximum Gasteiger partial charge on any atom is -0.00493 e. The van der Waals surface area contributed by atoms with Crippen molar-refractivity contribution in [2.75, 3.05) is 13.6 Å². The Balaban J connectivity index is 1.86. The molecular weight excluding hydrogens is 98.1 g/mol. The molecule has 0 saturated heterocycles. The molecule has 1 nitrogen and oxygen atoms in total. The van der Waals surface area contributed by atoms with Crippen LogP contribution in [-0.2, 0) is 0 Å². The number of nitrogens with one attached hydrogen (secondary N) is 1. The topological polar surface area (TPSA) is 12.0 Å². The van der Waals surface area contributed by atoms with Crippen LogP contribution < -0.4 is 5.32 Å². The third-order valence-electron chi connectivity index (χ3n) is 2.03. The van der Waals surface area contributed by atoms with Crippen LogP contribution >= 0.6 is 0 Å². The molecule has 0 atom stereocenters. The van der Waals surface area contributed by atoms with Crippen LogP contribution in [0.4, 0.5) is 0 Å². The fourth-order valence-corrected chi connectivity index (χ4v) is 1.13. The second-order valence-electron chi connectivity index (χ2n) is 2.69. The second-order valence-corrected chi connectivity index (χ2v) is 2.69. The molecule has 0 aliphatic heterocycles. The molecule has 1 N–H and O–H groups in total. The molecule has 1 aliphatic rings. The van der Waals surface area contributed by atoms with Gasteiger partial charge >= 0.3 is 0 Å². The number of hydrogen-bond acceptors (Lipinski definition) is 1. The molecule has 0 aromatic carbocycles. The first-order chi connectivity index (χ1) is 3.93. The van der Waals surface area contributed by atoms with Crippen molar-refractivity contribution in [2.45, 2.75) is 25.7 Å². The van der Waals surface area contributed by atoms with Gasteiger partial charge in [0.15, 0.2) is 0 Å². The molecule has 0 unspecified atom stereocenters. The zero-order valence-corrected chi connectivity index (χ0v) is 5.61. The lowest BCUT2D eigenvalue weighted by Crippen LogP contribution is -2.17. The van der Waals surface area contributed by atoms with Crippen molar-refractivity contribution >= 4 is 0 Å². The lowest BCUT2D eigenvalue weighted by atomic mass is 9.83. The molecule has 1 saturated carbocycles. The molecule has 0 bridgehead atoms. The second kappa shape index (κ2) is 3.08. The van der Waals surface area contributed by atoms with Crippen LogP contribution in [-0.4, -0.2) is 13.6 Å². The van der Waals surface area contributed by atoms with Crippen molar-refractivity contribution in [2.24, 2.45) is 5.92 Å². The molecule has 0 amide bonds. The van der Waals surface area contributed by atoms with E-state index in [1.807, 2.05) is 7.05 Å². The molecule has 1 fully saturated rings. The van der Waals surface area contributed by atoms with Gasteiger partial charge in [-0.05, 0) is 25.9 Å². The maximum absolute atomic E-state index is 3.17. The highest BCUT2D eigenvalue weighted by molar-refractivity contribution is 4.69. The summed E-state index contributed by atoms with van der Waals surface area (Å²) in [6.45, 7) is 1.21. The van der Waals surface area contributed by atoms with E-state index >= 15 is 0 Å². The normalized spacial score (nSPS) is 20.6. The highest BCUT2D eigenvalue weighted by Crippen LogP contribution is 2.28. The number of rotatable bonds is 3. The summed E-state index contributed by atoms with van der Waals surface area (Å²) in [5.74, 6) is 1.07. The summed E-state index contributed by atoms with van der Waals surface area (Å²) in [6.07, 6.45) is 5.86. The molecule has 48 valence electrons. The molecule has 0 spiro atoms. The summed E-state index contributed by atoms with van der Waals surface area (Å²) in [5.41, 5.74) is 0. The molecular formula is C7H15N. The fraction of sp³-hybridized carbons (Fsp3) is 1.00. The van der Waals surface area contributed by atoms with Crippen LogP contribution in [0.5, 0.6) is 0 Å². The fourth-order valence-electron chi connectivity index (χ4n) is 1.13. The third kappa shape index (κ3) is 1.48. The Morgan fingerprint density at radius 2 is 2.25 bits per heavy atom. The highest BCUT2D eigenvalue weighted by Gasteiger charge is 2.15. The van der Waals surface area contributed by atoms with Gasteiger partial charge < -0.3 is 5.32 Å². The molecule has 0 aromatic rings. The van der Waals surface area contributed by atoms with Gasteiger partial charge in [0.25, 0.3) is 0 Å². The van der Waals surface area contributed by atoms with Crippen molar-refractivity contribution in [3.63, 3.8) is 0 Å². The van der Waals surface area contributed by atoms with E-state index in [4.69, 9.17) is 0 Å². The van der Waals surface area contributed by atoms with Crippen LogP contribution in [0.2, 0.25) is 0 Å². The van der Waals surface area contributed by atoms with Crippen molar-refractivity contribution in [3.05, 3.63) is 0 Å². The van der Waals surface area contributed by atoms with Crippen LogP contribution in [0.25, 0.3) is 0 Å². The maximum atomic E-state index is 3.17. The lowest BCUT2D eigenvalue weighted by molar-refractivity contribution is 0.294. The Hall–Kier alpha value is -0.0400. The van der Waals surface area contributed by atoms with E-state index in [-0.39, 0.29) is 0 Å². The molecule has 1 rings (SSSR count). The molecule has 0 radical (unpaired) electrons. The summed E-state index contributed by atoms with van der Waals surface area (Å²) >= 11 is 0. The minimum atomic E-state index is 1.07. The SMILES string of the molecule is CNCCC1CCC1. The van der Waals surface area contributed by atoms with Gasteiger partial charge in [-0.25, -0.2) is 0 Å². The van der Waals surface area contributed by atoms with Gasteiger partial charge in [0.1, 0.15) is 0 Å². The highest BCUT2D eigenvalue weighted by atomic mass is 14.8. The van der Waals surface area contributed by atoms with Crippen LogP contribution in [0.15, 0.2) is 0 Å². The Bertz CT molecular complexity index is 57.4. The van der Waals surface area contributed by atoms with E-state index in [2.05, 4.69) is 5.32 Å². The van der Waals surface area contributed by atoms with E-state index < -0.39 is 0 Å². The first-order valence-corrected chi connectivity index (χ1v) is 3.58. The average Bonchev–Trinajstić information content (AvgIpc) is 1.63. The van der Waals surface area contributed by atoms with E-state index in [1.54, 1.807) is 0 Å². The van der Waals surface area contributed by atoms with Crippen molar-refractivity contribution in [3.8, 4) is 0 Å². The molecule has 0 heterocycles. The smallest absolute Gasteiger partial charge is 0.00493 e. The van der Waals surface area contributed by atoms with Crippen molar-refractivity contribution in [1.82, 2.24) is 5.32 Å².